The van der Waals surface area contributed by atoms with Crippen LogP contribution in [0, 0.1) is 5.82 Å². The Bertz CT molecular complexity index is 363. The minimum absolute atomic E-state index is 0.289. The number of nitrogens with one attached hydrogen (secondary N) is 1. The van der Waals surface area contributed by atoms with Gasteiger partial charge in [0.05, 0.1) is 5.69 Å². The second-order valence-electron chi connectivity index (χ2n) is 3.79. The summed E-state index contributed by atoms with van der Waals surface area (Å²) < 4.78 is 19.0. The molecule has 1 N–H and O–H groups in total. The molecule has 1 aromatic carbocycles. The van der Waals surface area contributed by atoms with E-state index < -0.39 is 0 Å². The molecule has 0 atom stereocenters. The summed E-state index contributed by atoms with van der Waals surface area (Å²) in [6.45, 7) is 2.57. The smallest absolute Gasteiger partial charge is 0.188 e. The van der Waals surface area contributed by atoms with Crippen molar-refractivity contribution in [3.05, 3.63) is 36.2 Å². The van der Waals surface area contributed by atoms with E-state index in [1.54, 1.807) is 25.2 Å². The van der Waals surface area contributed by atoms with Crippen molar-refractivity contribution < 1.29 is 9.13 Å². The molecule has 0 spiro atoms. The molecule has 94 valence electrons. The molecule has 17 heavy (non-hydrogen) atoms. The second-order valence-corrected chi connectivity index (χ2v) is 3.79. The van der Waals surface area contributed by atoms with Gasteiger partial charge in [0.25, 0.3) is 0 Å². The predicted molar refractivity (Wildman–Crippen MR) is 70.1 cm³/mol. The van der Waals surface area contributed by atoms with Gasteiger partial charge in [-0.3, -0.25) is 0 Å². The molecule has 3 heteroatoms. The summed E-state index contributed by atoms with van der Waals surface area (Å²) in [5, 5.41) is 2.78. The van der Waals surface area contributed by atoms with Gasteiger partial charge in [-0.25, -0.2) is 4.39 Å². The molecule has 1 rings (SSSR count). The number of anilines is 1. The van der Waals surface area contributed by atoms with Crippen LogP contribution in [0.25, 0.3) is 0 Å². The zero-order chi connectivity index (χ0) is 12.5. The molecular formula is C14H20FNO. The van der Waals surface area contributed by atoms with Crippen LogP contribution in [0.3, 0.4) is 0 Å². The van der Waals surface area contributed by atoms with Gasteiger partial charge in [0.1, 0.15) is 6.61 Å². The van der Waals surface area contributed by atoms with Gasteiger partial charge in [0.15, 0.2) is 11.6 Å². The number of hydrogen-bond donors (Lipinski definition) is 1. The van der Waals surface area contributed by atoms with Gasteiger partial charge in [-0.2, -0.15) is 0 Å². The zero-order valence-electron chi connectivity index (χ0n) is 10.5. The number of halogens is 1. The topological polar surface area (TPSA) is 21.3 Å². The number of allylic oxidation sites excluding steroid dienone is 1. The molecule has 0 amide bonds. The molecule has 0 bridgehead atoms. The van der Waals surface area contributed by atoms with Crippen LogP contribution in [0.2, 0.25) is 0 Å². The average Bonchev–Trinajstić information content (AvgIpc) is 2.35. The lowest BCUT2D eigenvalue weighted by molar-refractivity contribution is 0.342. The van der Waals surface area contributed by atoms with Crippen LogP contribution >= 0.6 is 0 Å². The zero-order valence-corrected chi connectivity index (χ0v) is 10.5. The maximum absolute atomic E-state index is 13.7. The molecule has 0 radical (unpaired) electrons. The fraction of sp³-hybridized carbons (Fsp3) is 0.429. The molecule has 0 aliphatic carbocycles. The first-order chi connectivity index (χ1) is 8.29. The first-order valence-corrected chi connectivity index (χ1v) is 6.03. The Morgan fingerprint density at radius 1 is 1.35 bits per heavy atom. The molecule has 0 saturated carbocycles. The highest BCUT2D eigenvalue weighted by Gasteiger charge is 2.06. The third-order valence-electron chi connectivity index (χ3n) is 2.46. The monoisotopic (exact) mass is 237 g/mol. The average molecular weight is 237 g/mol. The van der Waals surface area contributed by atoms with Gasteiger partial charge >= 0.3 is 0 Å². The molecule has 0 saturated heterocycles. The van der Waals surface area contributed by atoms with Crippen LogP contribution in [-0.2, 0) is 0 Å². The van der Waals surface area contributed by atoms with Crippen molar-refractivity contribution in [1.29, 1.82) is 0 Å². The van der Waals surface area contributed by atoms with E-state index in [-0.39, 0.29) is 11.6 Å². The molecule has 0 aromatic heterocycles. The van der Waals surface area contributed by atoms with Gasteiger partial charge in [-0.05, 0) is 18.6 Å². The third kappa shape index (κ3) is 4.47. The van der Waals surface area contributed by atoms with E-state index in [1.165, 1.54) is 12.8 Å². The summed E-state index contributed by atoms with van der Waals surface area (Å²) in [4.78, 5) is 0. The number of benzene rings is 1. The summed E-state index contributed by atoms with van der Waals surface area (Å²) in [7, 11) is 1.69. The summed E-state index contributed by atoms with van der Waals surface area (Å²) in [5.74, 6) is -0.0473. The van der Waals surface area contributed by atoms with E-state index in [0.29, 0.717) is 12.3 Å². The number of unbranched alkanes of at least 4 members (excludes halogenated alkanes) is 2. The Labute approximate surface area is 102 Å². The highest BCUT2D eigenvalue weighted by molar-refractivity contribution is 5.49. The molecule has 0 heterocycles. The van der Waals surface area contributed by atoms with Crippen molar-refractivity contribution >= 4 is 5.69 Å². The highest BCUT2D eigenvalue weighted by Crippen LogP contribution is 2.23. The fourth-order valence-corrected chi connectivity index (χ4v) is 1.46. The first kappa shape index (κ1) is 13.6. The molecule has 0 fully saturated rings. The Morgan fingerprint density at radius 2 is 2.18 bits per heavy atom. The van der Waals surface area contributed by atoms with Gasteiger partial charge in [-0.1, -0.05) is 38.0 Å². The standard InChI is InChI=1S/C14H20FNO/c1-3-4-5-6-7-11-17-13-10-8-9-12(16-2)14(13)15/h6-10,16H,3-5,11H2,1-2H3/b7-6+. The number of hydrogen-bond acceptors (Lipinski definition) is 2. The maximum atomic E-state index is 13.7. The van der Waals surface area contributed by atoms with Crippen LogP contribution in [0.1, 0.15) is 26.2 Å². The van der Waals surface area contributed by atoms with Crippen LogP contribution in [0.15, 0.2) is 30.4 Å². The van der Waals surface area contributed by atoms with Crippen molar-refractivity contribution in [1.82, 2.24) is 0 Å². The molecule has 0 unspecified atom stereocenters. The van der Waals surface area contributed by atoms with E-state index in [2.05, 4.69) is 18.3 Å². The lowest BCUT2D eigenvalue weighted by Crippen LogP contribution is -1.99. The fourth-order valence-electron chi connectivity index (χ4n) is 1.46. The van der Waals surface area contributed by atoms with Gasteiger partial charge in [-0.15, -0.1) is 0 Å². The third-order valence-corrected chi connectivity index (χ3v) is 2.46. The van der Waals surface area contributed by atoms with Gasteiger partial charge in [0.2, 0.25) is 0 Å². The lowest BCUT2D eigenvalue weighted by Gasteiger charge is -2.08. The van der Waals surface area contributed by atoms with Crippen LogP contribution in [-0.4, -0.2) is 13.7 Å². The molecular weight excluding hydrogens is 217 g/mol. The predicted octanol–water partition coefficient (Wildman–Crippen LogP) is 3.99. The summed E-state index contributed by atoms with van der Waals surface area (Å²) in [5.41, 5.74) is 0.456. The number of ether oxygens (including phenoxy) is 1. The van der Waals surface area contributed by atoms with Crippen LogP contribution in [0.5, 0.6) is 5.75 Å². The van der Waals surface area contributed by atoms with Crippen molar-refractivity contribution in [3.63, 3.8) is 0 Å². The lowest BCUT2D eigenvalue weighted by atomic mass is 10.2. The van der Waals surface area contributed by atoms with Crippen LogP contribution < -0.4 is 10.1 Å². The normalized spacial score (nSPS) is 10.8. The number of rotatable bonds is 7. The van der Waals surface area contributed by atoms with E-state index in [0.717, 1.165) is 6.42 Å². The molecule has 2 nitrogen and oxygen atoms in total. The Morgan fingerprint density at radius 3 is 2.88 bits per heavy atom. The minimum Gasteiger partial charge on any atom is -0.486 e. The summed E-state index contributed by atoms with van der Waals surface area (Å²) in [6, 6.07) is 5.08. The molecule has 1 aromatic rings. The van der Waals surface area contributed by atoms with Crippen molar-refractivity contribution in [2.24, 2.45) is 0 Å². The van der Waals surface area contributed by atoms with E-state index >= 15 is 0 Å². The van der Waals surface area contributed by atoms with E-state index in [9.17, 15) is 4.39 Å². The minimum atomic E-state index is -0.336. The van der Waals surface area contributed by atoms with Gasteiger partial charge in [0, 0.05) is 7.05 Å². The Balaban J connectivity index is 2.44. The van der Waals surface area contributed by atoms with Gasteiger partial charge < -0.3 is 10.1 Å². The highest BCUT2D eigenvalue weighted by atomic mass is 19.1. The van der Waals surface area contributed by atoms with Crippen molar-refractivity contribution in [2.45, 2.75) is 26.2 Å². The Hall–Kier alpha value is -1.51. The summed E-state index contributed by atoms with van der Waals surface area (Å²) >= 11 is 0. The van der Waals surface area contributed by atoms with E-state index in [1.807, 2.05) is 6.08 Å². The van der Waals surface area contributed by atoms with E-state index in [4.69, 9.17) is 4.74 Å². The quantitative estimate of drug-likeness (QED) is 0.572. The Kier molecular flexibility index (Phi) is 6.15. The van der Waals surface area contributed by atoms with Crippen LogP contribution in [0.4, 0.5) is 10.1 Å². The SMILES string of the molecule is CCCC/C=C/COc1cccc(NC)c1F. The molecule has 0 aliphatic heterocycles. The summed E-state index contributed by atoms with van der Waals surface area (Å²) in [6.07, 6.45) is 7.42. The molecule has 0 aliphatic rings. The van der Waals surface area contributed by atoms with Crippen molar-refractivity contribution in [3.8, 4) is 5.75 Å². The van der Waals surface area contributed by atoms with Crippen molar-refractivity contribution in [2.75, 3.05) is 19.0 Å². The maximum Gasteiger partial charge on any atom is 0.188 e. The second kappa shape index (κ2) is 7.71. The largest absolute Gasteiger partial charge is 0.486 e. The first-order valence-electron chi connectivity index (χ1n) is 6.03.